The molecule has 0 unspecified atom stereocenters. The summed E-state index contributed by atoms with van der Waals surface area (Å²) < 4.78 is 17.2. The van der Waals surface area contributed by atoms with Crippen molar-refractivity contribution in [3.05, 3.63) is 58.6 Å². The Morgan fingerprint density at radius 1 is 1.07 bits per heavy atom. The van der Waals surface area contributed by atoms with E-state index in [1.807, 2.05) is 6.07 Å². The zero-order chi connectivity index (χ0) is 20.1. The van der Waals surface area contributed by atoms with E-state index in [1.54, 1.807) is 30.3 Å². The number of hydrogen-bond donors (Lipinski definition) is 1. The van der Waals surface area contributed by atoms with Crippen LogP contribution in [-0.2, 0) is 6.54 Å². The largest absolute Gasteiger partial charge is 0.493 e. The lowest BCUT2D eigenvalue weighted by Crippen LogP contribution is -2.31. The normalized spacial score (nSPS) is 10.5. The van der Waals surface area contributed by atoms with E-state index < -0.39 is 0 Å². The van der Waals surface area contributed by atoms with E-state index >= 15 is 0 Å². The quantitative estimate of drug-likeness (QED) is 0.670. The third kappa shape index (κ3) is 3.75. The summed E-state index contributed by atoms with van der Waals surface area (Å²) in [7, 11) is 4.46. The Labute approximate surface area is 161 Å². The molecule has 0 spiro atoms. The minimum atomic E-state index is -0.318. The van der Waals surface area contributed by atoms with Gasteiger partial charge in [0.1, 0.15) is 0 Å². The molecule has 146 valence electrons. The maximum atomic E-state index is 12.5. The standard InChI is InChI=1S/C20H21N3O5/c1-26-16-10-13(11-17(27-2)18(16)28-3)19(24)21-8-9-23-12-22-15-7-5-4-6-14(15)20(23)25/h4-7,10-12H,8-9H2,1-3H3,(H,21,24). The van der Waals surface area contributed by atoms with Gasteiger partial charge in [-0.3, -0.25) is 14.2 Å². The summed E-state index contributed by atoms with van der Waals surface area (Å²) >= 11 is 0. The highest BCUT2D eigenvalue weighted by molar-refractivity contribution is 5.95. The summed E-state index contributed by atoms with van der Waals surface area (Å²) in [6.07, 6.45) is 1.48. The van der Waals surface area contributed by atoms with Gasteiger partial charge in [0.05, 0.1) is 38.6 Å². The van der Waals surface area contributed by atoms with Crippen molar-refractivity contribution >= 4 is 16.8 Å². The zero-order valence-electron chi connectivity index (χ0n) is 15.9. The van der Waals surface area contributed by atoms with Crippen LogP contribution < -0.4 is 25.1 Å². The molecule has 1 amide bonds. The summed E-state index contributed by atoms with van der Waals surface area (Å²) in [5.74, 6) is 0.875. The van der Waals surface area contributed by atoms with Crippen LogP contribution in [0.4, 0.5) is 0 Å². The monoisotopic (exact) mass is 383 g/mol. The number of rotatable bonds is 7. The fourth-order valence-corrected chi connectivity index (χ4v) is 2.87. The molecule has 8 nitrogen and oxygen atoms in total. The van der Waals surface area contributed by atoms with E-state index in [-0.39, 0.29) is 18.0 Å². The Hall–Kier alpha value is -3.55. The maximum absolute atomic E-state index is 12.5. The summed E-state index contributed by atoms with van der Waals surface area (Å²) in [6.45, 7) is 0.558. The van der Waals surface area contributed by atoms with Crippen molar-refractivity contribution in [2.45, 2.75) is 6.54 Å². The number of nitrogens with one attached hydrogen (secondary N) is 1. The number of carbonyl (C=O) groups is 1. The van der Waals surface area contributed by atoms with Crippen molar-refractivity contribution in [1.82, 2.24) is 14.9 Å². The number of nitrogens with zero attached hydrogens (tertiary/aromatic N) is 2. The molecule has 0 aliphatic rings. The molecule has 3 aromatic rings. The number of amides is 1. The summed E-state index contributed by atoms with van der Waals surface area (Å²) in [6, 6.07) is 10.3. The summed E-state index contributed by atoms with van der Waals surface area (Å²) in [5, 5.41) is 3.33. The van der Waals surface area contributed by atoms with Crippen LogP contribution in [0.2, 0.25) is 0 Å². The second-order valence-corrected chi connectivity index (χ2v) is 5.93. The number of methoxy groups -OCH3 is 3. The average molecular weight is 383 g/mol. The zero-order valence-corrected chi connectivity index (χ0v) is 15.9. The number of para-hydroxylation sites is 1. The number of carbonyl (C=O) groups excluding carboxylic acids is 1. The van der Waals surface area contributed by atoms with Gasteiger partial charge in [0.25, 0.3) is 11.5 Å². The fourth-order valence-electron chi connectivity index (χ4n) is 2.87. The molecule has 0 atom stereocenters. The van der Waals surface area contributed by atoms with Gasteiger partial charge in [-0.1, -0.05) is 12.1 Å². The molecule has 0 aliphatic heterocycles. The van der Waals surface area contributed by atoms with Crippen LogP contribution in [0.1, 0.15) is 10.4 Å². The fraction of sp³-hybridized carbons (Fsp3) is 0.250. The molecule has 28 heavy (non-hydrogen) atoms. The van der Waals surface area contributed by atoms with Gasteiger partial charge in [-0.2, -0.15) is 0 Å². The molecule has 8 heteroatoms. The third-order valence-electron chi connectivity index (χ3n) is 4.30. The molecule has 0 fully saturated rings. The van der Waals surface area contributed by atoms with Crippen LogP contribution in [0.25, 0.3) is 10.9 Å². The average Bonchev–Trinajstić information content (AvgIpc) is 2.74. The Bertz CT molecular complexity index is 1040. The topological polar surface area (TPSA) is 91.7 Å². The summed E-state index contributed by atoms with van der Waals surface area (Å²) in [4.78, 5) is 29.2. The molecule has 0 saturated heterocycles. The van der Waals surface area contributed by atoms with Crippen molar-refractivity contribution in [2.24, 2.45) is 0 Å². The second-order valence-electron chi connectivity index (χ2n) is 5.93. The van der Waals surface area contributed by atoms with Crippen LogP contribution >= 0.6 is 0 Å². The molecule has 1 aromatic heterocycles. The van der Waals surface area contributed by atoms with E-state index in [9.17, 15) is 9.59 Å². The van der Waals surface area contributed by atoms with E-state index in [0.717, 1.165) is 0 Å². The smallest absolute Gasteiger partial charge is 0.261 e. The van der Waals surface area contributed by atoms with Gasteiger partial charge in [0.15, 0.2) is 11.5 Å². The molecule has 0 bridgehead atoms. The first-order valence-corrected chi connectivity index (χ1v) is 8.61. The number of benzene rings is 2. The van der Waals surface area contributed by atoms with E-state index in [0.29, 0.717) is 40.3 Å². The van der Waals surface area contributed by atoms with Crippen molar-refractivity contribution in [3.8, 4) is 17.2 Å². The van der Waals surface area contributed by atoms with Crippen molar-refractivity contribution in [1.29, 1.82) is 0 Å². The minimum Gasteiger partial charge on any atom is -0.493 e. The molecule has 2 aromatic carbocycles. The maximum Gasteiger partial charge on any atom is 0.261 e. The highest BCUT2D eigenvalue weighted by atomic mass is 16.5. The van der Waals surface area contributed by atoms with Gasteiger partial charge in [-0.05, 0) is 24.3 Å². The second kappa shape index (κ2) is 8.43. The van der Waals surface area contributed by atoms with Crippen molar-refractivity contribution in [2.75, 3.05) is 27.9 Å². The first-order chi connectivity index (χ1) is 13.6. The molecule has 3 rings (SSSR count). The predicted molar refractivity (Wildman–Crippen MR) is 104 cm³/mol. The van der Waals surface area contributed by atoms with E-state index in [4.69, 9.17) is 14.2 Å². The first kappa shape index (κ1) is 19.2. The summed E-state index contributed by atoms with van der Waals surface area (Å²) in [5.41, 5.74) is 0.858. The number of fused-ring (bicyclic) bond motifs is 1. The number of aromatic nitrogens is 2. The van der Waals surface area contributed by atoms with Crippen LogP contribution in [0.15, 0.2) is 47.5 Å². The molecule has 1 heterocycles. The molecule has 1 N–H and O–H groups in total. The first-order valence-electron chi connectivity index (χ1n) is 8.61. The van der Waals surface area contributed by atoms with Crippen LogP contribution in [0, 0.1) is 0 Å². The lowest BCUT2D eigenvalue weighted by Gasteiger charge is -2.14. The van der Waals surface area contributed by atoms with Gasteiger partial charge < -0.3 is 19.5 Å². The van der Waals surface area contributed by atoms with Crippen LogP contribution in [0.5, 0.6) is 17.2 Å². The van der Waals surface area contributed by atoms with E-state index in [1.165, 1.54) is 32.2 Å². The highest BCUT2D eigenvalue weighted by Gasteiger charge is 2.16. The van der Waals surface area contributed by atoms with Gasteiger partial charge in [0.2, 0.25) is 5.75 Å². The van der Waals surface area contributed by atoms with Gasteiger partial charge >= 0.3 is 0 Å². The Balaban J connectivity index is 1.73. The SMILES string of the molecule is COc1cc(C(=O)NCCn2cnc3ccccc3c2=O)cc(OC)c1OC. The lowest BCUT2D eigenvalue weighted by molar-refractivity contribution is 0.0951. The minimum absolute atomic E-state index is 0.146. The lowest BCUT2D eigenvalue weighted by atomic mass is 10.1. The molecule has 0 radical (unpaired) electrons. The molecule has 0 saturated carbocycles. The van der Waals surface area contributed by atoms with Crippen LogP contribution in [0.3, 0.4) is 0 Å². The van der Waals surface area contributed by atoms with Gasteiger partial charge in [-0.15, -0.1) is 0 Å². The Morgan fingerprint density at radius 2 is 1.75 bits per heavy atom. The number of hydrogen-bond acceptors (Lipinski definition) is 6. The molecule has 0 aliphatic carbocycles. The van der Waals surface area contributed by atoms with Gasteiger partial charge in [-0.25, -0.2) is 4.98 Å². The number of ether oxygens (including phenoxy) is 3. The van der Waals surface area contributed by atoms with E-state index in [2.05, 4.69) is 10.3 Å². The Morgan fingerprint density at radius 3 is 2.39 bits per heavy atom. The van der Waals surface area contributed by atoms with Gasteiger partial charge in [0, 0.05) is 18.7 Å². The predicted octanol–water partition coefficient (Wildman–Crippen LogP) is 1.85. The highest BCUT2D eigenvalue weighted by Crippen LogP contribution is 2.38. The van der Waals surface area contributed by atoms with Crippen LogP contribution in [-0.4, -0.2) is 43.3 Å². The van der Waals surface area contributed by atoms with Crippen molar-refractivity contribution in [3.63, 3.8) is 0 Å². The third-order valence-corrected chi connectivity index (χ3v) is 4.30. The molecular formula is C20H21N3O5. The Kier molecular flexibility index (Phi) is 5.78. The van der Waals surface area contributed by atoms with Crippen molar-refractivity contribution < 1.29 is 19.0 Å². The molecular weight excluding hydrogens is 362 g/mol.